The number of carbonyl (C=O) groups is 1. The van der Waals surface area contributed by atoms with Gasteiger partial charge in [0.1, 0.15) is 0 Å². The fraction of sp³-hybridized carbons (Fsp3) is 0.500. The van der Waals surface area contributed by atoms with Gasteiger partial charge in [-0.1, -0.05) is 32.4 Å². The molecule has 0 heterocycles. The summed E-state index contributed by atoms with van der Waals surface area (Å²) in [5.41, 5.74) is 0.174. The van der Waals surface area contributed by atoms with E-state index in [-0.39, 0.29) is 17.9 Å². The van der Waals surface area contributed by atoms with Crippen LogP contribution in [0.4, 0.5) is 0 Å². The van der Waals surface area contributed by atoms with Crippen LogP contribution in [0.25, 0.3) is 0 Å². The summed E-state index contributed by atoms with van der Waals surface area (Å²) in [6.07, 6.45) is 1.34. The molecule has 106 valence electrons. The zero-order valence-electron chi connectivity index (χ0n) is 11.7. The number of nitrogens with one attached hydrogen (secondary N) is 1. The molecule has 1 amide bonds. The van der Waals surface area contributed by atoms with E-state index in [2.05, 4.69) is 5.32 Å². The van der Waals surface area contributed by atoms with Gasteiger partial charge in [0.2, 0.25) is 0 Å². The molecule has 0 spiro atoms. The van der Waals surface area contributed by atoms with Crippen molar-refractivity contribution in [3.63, 3.8) is 0 Å². The van der Waals surface area contributed by atoms with Crippen molar-refractivity contribution < 1.29 is 9.90 Å². The highest BCUT2D eigenvalue weighted by molar-refractivity contribution is 7.98. The number of amides is 1. The Morgan fingerprint density at radius 2 is 2.11 bits per heavy atom. The molecular weight excluding hydrogens is 282 g/mol. The Hall–Kier alpha value is -0.710. The lowest BCUT2D eigenvalue weighted by molar-refractivity contribution is 0.0587. The Kier molecular flexibility index (Phi) is 5.71. The predicted octanol–water partition coefficient (Wildman–Crippen LogP) is 3.20. The second kappa shape index (κ2) is 6.64. The molecule has 0 aliphatic carbocycles. The Morgan fingerprint density at radius 3 is 2.63 bits per heavy atom. The molecule has 0 fully saturated rings. The smallest absolute Gasteiger partial charge is 0.252 e. The largest absolute Gasteiger partial charge is 0.391 e. The zero-order valence-corrected chi connectivity index (χ0v) is 13.2. The summed E-state index contributed by atoms with van der Waals surface area (Å²) in [7, 11) is 0. The molecule has 1 atom stereocenters. The zero-order chi connectivity index (χ0) is 14.6. The van der Waals surface area contributed by atoms with Crippen LogP contribution in [-0.4, -0.2) is 29.9 Å². The van der Waals surface area contributed by atoms with E-state index in [1.807, 2.05) is 33.1 Å². The van der Waals surface area contributed by atoms with Gasteiger partial charge in [-0.25, -0.2) is 0 Å². The quantitative estimate of drug-likeness (QED) is 0.840. The van der Waals surface area contributed by atoms with Crippen molar-refractivity contribution in [2.45, 2.75) is 31.8 Å². The van der Waals surface area contributed by atoms with Crippen LogP contribution in [0.15, 0.2) is 23.1 Å². The van der Waals surface area contributed by atoms with Crippen LogP contribution in [0.2, 0.25) is 5.02 Å². The van der Waals surface area contributed by atoms with Gasteiger partial charge in [0.05, 0.1) is 16.7 Å². The first-order chi connectivity index (χ1) is 8.75. The monoisotopic (exact) mass is 301 g/mol. The molecule has 5 heteroatoms. The van der Waals surface area contributed by atoms with E-state index in [4.69, 9.17) is 11.6 Å². The number of rotatable bonds is 4. The fourth-order valence-electron chi connectivity index (χ4n) is 1.40. The standard InChI is InChI=1S/C14H20ClNO2S/c1-14(2,3)12(17)8-16-13(18)10-7-9(19-4)5-6-11(10)15/h5-7,12,17H,8H2,1-4H3,(H,16,18). The topological polar surface area (TPSA) is 49.3 Å². The minimum atomic E-state index is -0.598. The number of hydrogen-bond donors (Lipinski definition) is 2. The third kappa shape index (κ3) is 4.71. The number of benzene rings is 1. The molecule has 2 N–H and O–H groups in total. The maximum atomic E-state index is 12.0. The van der Waals surface area contributed by atoms with Gasteiger partial charge in [-0.15, -0.1) is 11.8 Å². The van der Waals surface area contributed by atoms with E-state index in [0.29, 0.717) is 10.6 Å². The van der Waals surface area contributed by atoms with Crippen LogP contribution in [0.1, 0.15) is 31.1 Å². The number of aliphatic hydroxyl groups is 1. The van der Waals surface area contributed by atoms with E-state index in [1.54, 1.807) is 23.9 Å². The van der Waals surface area contributed by atoms with E-state index in [9.17, 15) is 9.90 Å². The molecular formula is C14H20ClNO2S. The molecule has 0 bridgehead atoms. The highest BCUT2D eigenvalue weighted by atomic mass is 35.5. The molecule has 3 nitrogen and oxygen atoms in total. The summed E-state index contributed by atoms with van der Waals surface area (Å²) >= 11 is 7.57. The number of halogens is 1. The minimum absolute atomic E-state index is 0.210. The Bertz CT molecular complexity index is 457. The maximum absolute atomic E-state index is 12.0. The normalized spacial score (nSPS) is 13.2. The summed E-state index contributed by atoms with van der Waals surface area (Å²) in [5.74, 6) is -0.260. The van der Waals surface area contributed by atoms with Gasteiger partial charge in [0, 0.05) is 11.4 Å². The third-order valence-corrected chi connectivity index (χ3v) is 3.93. The molecule has 19 heavy (non-hydrogen) atoms. The Labute approximate surface area is 123 Å². The lowest BCUT2D eigenvalue weighted by Crippen LogP contribution is -2.39. The number of thioether (sulfide) groups is 1. The van der Waals surface area contributed by atoms with Crippen LogP contribution >= 0.6 is 23.4 Å². The molecule has 1 rings (SSSR count). The van der Waals surface area contributed by atoms with Crippen LogP contribution < -0.4 is 5.32 Å². The van der Waals surface area contributed by atoms with E-state index in [0.717, 1.165) is 4.90 Å². The van der Waals surface area contributed by atoms with Gasteiger partial charge in [-0.2, -0.15) is 0 Å². The van der Waals surface area contributed by atoms with Gasteiger partial charge >= 0.3 is 0 Å². The van der Waals surface area contributed by atoms with Crippen molar-refractivity contribution in [3.05, 3.63) is 28.8 Å². The second-order valence-corrected chi connectivity index (χ2v) is 6.72. The molecule has 1 aromatic rings. The summed E-state index contributed by atoms with van der Waals surface area (Å²) in [4.78, 5) is 13.0. The summed E-state index contributed by atoms with van der Waals surface area (Å²) in [6, 6.07) is 5.34. The summed E-state index contributed by atoms with van der Waals surface area (Å²) in [6.45, 7) is 5.98. The van der Waals surface area contributed by atoms with Crippen molar-refractivity contribution in [3.8, 4) is 0 Å². The van der Waals surface area contributed by atoms with Crippen molar-refractivity contribution in [1.29, 1.82) is 0 Å². The van der Waals surface area contributed by atoms with Gasteiger partial charge in [0.15, 0.2) is 0 Å². The van der Waals surface area contributed by atoms with Gasteiger partial charge < -0.3 is 10.4 Å². The first-order valence-corrected chi connectivity index (χ1v) is 7.65. The average Bonchev–Trinajstić information content (AvgIpc) is 2.34. The lowest BCUT2D eigenvalue weighted by atomic mass is 9.89. The number of aliphatic hydroxyl groups excluding tert-OH is 1. The predicted molar refractivity (Wildman–Crippen MR) is 81.0 cm³/mol. The van der Waals surface area contributed by atoms with Gasteiger partial charge in [0.25, 0.3) is 5.91 Å². The highest BCUT2D eigenvalue weighted by Crippen LogP contribution is 2.23. The van der Waals surface area contributed by atoms with Crippen molar-refractivity contribution in [2.75, 3.05) is 12.8 Å². The highest BCUT2D eigenvalue weighted by Gasteiger charge is 2.23. The van der Waals surface area contributed by atoms with Crippen LogP contribution in [0.3, 0.4) is 0 Å². The molecule has 1 aromatic carbocycles. The molecule has 0 saturated heterocycles. The molecule has 0 aliphatic heterocycles. The van der Waals surface area contributed by atoms with Crippen LogP contribution in [0.5, 0.6) is 0 Å². The average molecular weight is 302 g/mol. The first-order valence-electron chi connectivity index (χ1n) is 6.05. The summed E-state index contributed by atoms with van der Waals surface area (Å²) in [5, 5.41) is 13.0. The van der Waals surface area contributed by atoms with Gasteiger partial charge in [-0.3, -0.25) is 4.79 Å². The van der Waals surface area contributed by atoms with Crippen molar-refractivity contribution >= 4 is 29.3 Å². The van der Waals surface area contributed by atoms with Crippen molar-refractivity contribution in [1.82, 2.24) is 5.32 Å². The number of hydrogen-bond acceptors (Lipinski definition) is 3. The molecule has 0 saturated carbocycles. The fourth-order valence-corrected chi connectivity index (χ4v) is 2.04. The SMILES string of the molecule is CSc1ccc(Cl)c(C(=O)NCC(O)C(C)(C)C)c1. The van der Waals surface area contributed by atoms with Gasteiger partial charge in [-0.05, 0) is 29.9 Å². The molecule has 0 aliphatic rings. The van der Waals surface area contributed by atoms with E-state index >= 15 is 0 Å². The van der Waals surface area contributed by atoms with Crippen LogP contribution in [0, 0.1) is 5.41 Å². The Morgan fingerprint density at radius 1 is 1.47 bits per heavy atom. The maximum Gasteiger partial charge on any atom is 0.252 e. The third-order valence-electron chi connectivity index (χ3n) is 2.87. The van der Waals surface area contributed by atoms with E-state index in [1.165, 1.54) is 0 Å². The molecule has 0 aromatic heterocycles. The Balaban J connectivity index is 2.74. The first kappa shape index (κ1) is 16.3. The van der Waals surface area contributed by atoms with E-state index < -0.39 is 6.10 Å². The minimum Gasteiger partial charge on any atom is -0.391 e. The lowest BCUT2D eigenvalue weighted by Gasteiger charge is -2.25. The molecule has 0 radical (unpaired) electrons. The number of carbonyl (C=O) groups excluding carboxylic acids is 1. The van der Waals surface area contributed by atoms with Crippen LogP contribution in [-0.2, 0) is 0 Å². The summed E-state index contributed by atoms with van der Waals surface area (Å²) < 4.78 is 0. The second-order valence-electron chi connectivity index (χ2n) is 5.44. The molecule has 1 unspecified atom stereocenters. The van der Waals surface area contributed by atoms with Crippen molar-refractivity contribution in [2.24, 2.45) is 5.41 Å².